The van der Waals surface area contributed by atoms with E-state index >= 15 is 0 Å². The van der Waals surface area contributed by atoms with E-state index in [0.29, 0.717) is 28.3 Å². The molecule has 3 aromatic carbocycles. The zero-order valence-corrected chi connectivity index (χ0v) is 19.5. The lowest BCUT2D eigenvalue weighted by molar-refractivity contribution is 1.13. The van der Waals surface area contributed by atoms with Crippen molar-refractivity contribution in [3.63, 3.8) is 0 Å². The molecule has 34 heavy (non-hydrogen) atoms. The lowest BCUT2D eigenvalue weighted by atomic mass is 9.99. The van der Waals surface area contributed by atoms with Gasteiger partial charge in [-0.2, -0.15) is 10.5 Å². The number of benzene rings is 3. The molecule has 0 aliphatic heterocycles. The van der Waals surface area contributed by atoms with Gasteiger partial charge in [0.05, 0.1) is 17.4 Å². The molecule has 0 fully saturated rings. The topological polar surface area (TPSA) is 105 Å². The fraction of sp³-hybridized carbons (Fsp3) is 0.185. The van der Waals surface area contributed by atoms with Crippen LogP contribution in [0.4, 0.5) is 22.7 Å². The van der Waals surface area contributed by atoms with Gasteiger partial charge in [-0.25, -0.2) is 4.99 Å². The normalized spacial score (nSPS) is 12.1. The molecule has 7 nitrogen and oxygen atoms in total. The van der Waals surface area contributed by atoms with Crippen LogP contribution in [-0.2, 0) is 0 Å². The fourth-order valence-corrected chi connectivity index (χ4v) is 3.46. The molecule has 0 spiro atoms. The van der Waals surface area contributed by atoms with E-state index in [0.717, 1.165) is 22.4 Å². The Kier molecular flexibility index (Phi) is 7.63. The third kappa shape index (κ3) is 5.59. The minimum Gasteiger partial charge on any atom is -0.378 e. The van der Waals surface area contributed by atoms with Crippen molar-refractivity contribution in [1.29, 1.82) is 10.5 Å². The molecular weight excluding hydrogens is 424 g/mol. The quantitative estimate of drug-likeness (QED) is 0.307. The Bertz CT molecular complexity index is 1300. The number of aryl methyl sites for hydroxylation is 2. The van der Waals surface area contributed by atoms with Crippen molar-refractivity contribution in [2.45, 2.75) is 19.8 Å². The molecule has 0 radical (unpaired) electrons. The molecule has 0 bridgehead atoms. The third-order valence-electron chi connectivity index (χ3n) is 5.34. The number of anilines is 1. The van der Waals surface area contributed by atoms with Crippen LogP contribution >= 0.6 is 0 Å². The maximum atomic E-state index is 10.9. The van der Waals surface area contributed by atoms with E-state index in [1.54, 1.807) is 56.5 Å². The zero-order chi connectivity index (χ0) is 24.7. The van der Waals surface area contributed by atoms with Crippen molar-refractivity contribution < 1.29 is 0 Å². The Morgan fingerprint density at radius 1 is 0.941 bits per heavy atom. The van der Waals surface area contributed by atoms with Crippen molar-refractivity contribution >= 4 is 34.7 Å². The standard InChI is InChI=1S/C27H24N6O/c1-18-13-24(14-19(2)27(18)32-34)30-17-22(15-28)20-5-7-21(8-6-20)26(16-29)31-23-9-11-25(12-10-23)33(3)4/h5-14,17,22H,1-4H3. The predicted octanol–water partition coefficient (Wildman–Crippen LogP) is 6.42. The second-order valence-corrected chi connectivity index (χ2v) is 8.01. The van der Waals surface area contributed by atoms with Crippen LogP contribution in [0.25, 0.3) is 0 Å². The van der Waals surface area contributed by atoms with Gasteiger partial charge in [-0.3, -0.25) is 4.99 Å². The molecule has 0 saturated heterocycles. The number of nitrogens with zero attached hydrogens (tertiary/aromatic N) is 6. The molecule has 1 unspecified atom stereocenters. The van der Waals surface area contributed by atoms with Gasteiger partial charge in [0.15, 0.2) is 0 Å². The van der Waals surface area contributed by atoms with Crippen LogP contribution < -0.4 is 4.90 Å². The smallest absolute Gasteiger partial charge is 0.148 e. The highest BCUT2D eigenvalue weighted by Gasteiger charge is 2.11. The highest BCUT2D eigenvalue weighted by atomic mass is 16.3. The van der Waals surface area contributed by atoms with Crippen LogP contribution in [0, 0.1) is 41.4 Å². The third-order valence-corrected chi connectivity index (χ3v) is 5.34. The van der Waals surface area contributed by atoms with Crippen molar-refractivity contribution in [1.82, 2.24) is 0 Å². The summed E-state index contributed by atoms with van der Waals surface area (Å²) in [7, 11) is 3.92. The van der Waals surface area contributed by atoms with Gasteiger partial charge in [0.2, 0.25) is 0 Å². The molecule has 168 valence electrons. The van der Waals surface area contributed by atoms with Gasteiger partial charge < -0.3 is 4.90 Å². The van der Waals surface area contributed by atoms with Crippen molar-refractivity contribution in [3.05, 3.63) is 87.8 Å². The van der Waals surface area contributed by atoms with Crippen LogP contribution in [0.5, 0.6) is 0 Å². The lowest BCUT2D eigenvalue weighted by Crippen LogP contribution is -2.07. The maximum Gasteiger partial charge on any atom is 0.148 e. The number of aliphatic imine (C=N–C) groups is 2. The van der Waals surface area contributed by atoms with Crippen LogP contribution in [-0.4, -0.2) is 26.0 Å². The van der Waals surface area contributed by atoms with E-state index in [1.807, 2.05) is 43.3 Å². The summed E-state index contributed by atoms with van der Waals surface area (Å²) >= 11 is 0. The first-order valence-corrected chi connectivity index (χ1v) is 10.6. The molecule has 0 aliphatic rings. The summed E-state index contributed by atoms with van der Waals surface area (Å²) < 4.78 is 0. The molecule has 0 amide bonds. The zero-order valence-electron chi connectivity index (χ0n) is 19.5. The molecule has 7 heteroatoms. The number of nitroso groups, excluding NO2 is 1. The highest BCUT2D eigenvalue weighted by molar-refractivity contribution is 6.12. The first-order chi connectivity index (χ1) is 16.4. The summed E-state index contributed by atoms with van der Waals surface area (Å²) in [4.78, 5) is 21.8. The summed E-state index contributed by atoms with van der Waals surface area (Å²) in [6, 6.07) is 22.7. The van der Waals surface area contributed by atoms with E-state index < -0.39 is 5.92 Å². The van der Waals surface area contributed by atoms with Gasteiger partial charge in [0.25, 0.3) is 0 Å². The first kappa shape index (κ1) is 24.0. The van der Waals surface area contributed by atoms with E-state index in [-0.39, 0.29) is 0 Å². The minimum absolute atomic E-state index is 0.293. The molecule has 1 atom stereocenters. The van der Waals surface area contributed by atoms with Crippen molar-refractivity contribution in [2.75, 3.05) is 19.0 Å². The molecular formula is C27H24N6O. The van der Waals surface area contributed by atoms with Gasteiger partial charge in [0.1, 0.15) is 23.4 Å². The largest absolute Gasteiger partial charge is 0.378 e. The predicted molar refractivity (Wildman–Crippen MR) is 137 cm³/mol. The second-order valence-electron chi connectivity index (χ2n) is 8.01. The Labute approximate surface area is 199 Å². The summed E-state index contributed by atoms with van der Waals surface area (Å²) in [6.07, 6.45) is 1.57. The Morgan fingerprint density at radius 2 is 1.56 bits per heavy atom. The summed E-state index contributed by atoms with van der Waals surface area (Å²) in [6.45, 7) is 3.60. The highest BCUT2D eigenvalue weighted by Crippen LogP contribution is 2.29. The monoisotopic (exact) mass is 448 g/mol. The van der Waals surface area contributed by atoms with E-state index in [9.17, 15) is 15.4 Å². The maximum absolute atomic E-state index is 10.9. The molecule has 3 aromatic rings. The Hall–Kier alpha value is -4.62. The number of nitriles is 2. The van der Waals surface area contributed by atoms with Gasteiger partial charge in [-0.05, 0) is 72.1 Å². The van der Waals surface area contributed by atoms with Crippen LogP contribution in [0.15, 0.2) is 75.8 Å². The van der Waals surface area contributed by atoms with E-state index in [1.165, 1.54) is 0 Å². The number of hydrogen-bond acceptors (Lipinski definition) is 7. The van der Waals surface area contributed by atoms with Gasteiger partial charge in [0, 0.05) is 31.6 Å². The van der Waals surface area contributed by atoms with Crippen LogP contribution in [0.2, 0.25) is 0 Å². The first-order valence-electron chi connectivity index (χ1n) is 10.6. The van der Waals surface area contributed by atoms with Crippen LogP contribution in [0.3, 0.4) is 0 Å². The van der Waals surface area contributed by atoms with Crippen LogP contribution in [0.1, 0.15) is 28.2 Å². The second kappa shape index (κ2) is 10.8. The summed E-state index contributed by atoms with van der Waals surface area (Å²) in [5.41, 5.74) is 5.98. The summed E-state index contributed by atoms with van der Waals surface area (Å²) in [5.74, 6) is -0.570. The molecule has 3 rings (SSSR count). The number of rotatable bonds is 7. The van der Waals surface area contributed by atoms with Crippen molar-refractivity contribution in [2.24, 2.45) is 15.2 Å². The molecule has 0 aromatic heterocycles. The lowest BCUT2D eigenvalue weighted by Gasteiger charge is -2.11. The Balaban J connectivity index is 1.81. The molecule has 0 heterocycles. The average Bonchev–Trinajstić information content (AvgIpc) is 2.83. The molecule has 0 saturated carbocycles. The minimum atomic E-state index is -0.570. The van der Waals surface area contributed by atoms with Gasteiger partial charge in [-0.15, -0.1) is 4.91 Å². The van der Waals surface area contributed by atoms with E-state index in [4.69, 9.17) is 0 Å². The van der Waals surface area contributed by atoms with Gasteiger partial charge in [-0.1, -0.05) is 24.3 Å². The molecule has 0 N–H and O–H groups in total. The Morgan fingerprint density at radius 3 is 2.06 bits per heavy atom. The summed E-state index contributed by atoms with van der Waals surface area (Å²) in [5, 5.41) is 22.3. The van der Waals surface area contributed by atoms with Gasteiger partial charge >= 0.3 is 0 Å². The SMILES string of the molecule is Cc1cc(N=CC(C#N)c2ccc(C(C#N)=Nc3ccc(N(C)C)cc3)cc2)cc(C)c1N=O. The van der Waals surface area contributed by atoms with E-state index in [2.05, 4.69) is 27.3 Å². The average molecular weight is 449 g/mol. The molecule has 0 aliphatic carbocycles. The van der Waals surface area contributed by atoms with Crippen molar-refractivity contribution in [3.8, 4) is 12.1 Å². The number of hydrogen-bond donors (Lipinski definition) is 0. The fourth-order valence-electron chi connectivity index (χ4n) is 3.46.